The molecule has 0 radical (unpaired) electrons. The Morgan fingerprint density at radius 2 is 0.879 bits per heavy atom. The van der Waals surface area contributed by atoms with Gasteiger partial charge < -0.3 is 10.0 Å². The van der Waals surface area contributed by atoms with E-state index in [4.69, 9.17) is 0 Å². The zero-order valence-electron chi connectivity index (χ0n) is 19.0. The summed E-state index contributed by atoms with van der Waals surface area (Å²) in [5.41, 5.74) is 4.87. The number of hydrogen-bond donors (Lipinski definition) is 1. The summed E-state index contributed by atoms with van der Waals surface area (Å²) in [6, 6.07) is 41.8. The Kier molecular flexibility index (Phi) is 8.29. The van der Waals surface area contributed by atoms with E-state index in [1.807, 2.05) is 24.3 Å². The van der Waals surface area contributed by atoms with Crippen LogP contribution in [0.3, 0.4) is 0 Å². The SMILES string of the molecule is OC(CN(Cc1ccccc1)Cc1ccccc1)CN(Cc1ccccc1)c1ccccc1. The summed E-state index contributed by atoms with van der Waals surface area (Å²) in [5.74, 6) is 0. The average Bonchev–Trinajstić information content (AvgIpc) is 2.86. The maximum atomic E-state index is 11.2. The molecule has 4 rings (SSSR count). The number of rotatable bonds is 11. The van der Waals surface area contributed by atoms with Crippen LogP contribution in [-0.2, 0) is 19.6 Å². The zero-order chi connectivity index (χ0) is 22.7. The molecular formula is C30H32N2O. The maximum Gasteiger partial charge on any atom is 0.0842 e. The fourth-order valence-corrected chi connectivity index (χ4v) is 4.18. The van der Waals surface area contributed by atoms with Crippen molar-refractivity contribution in [2.24, 2.45) is 0 Å². The summed E-state index contributed by atoms with van der Waals surface area (Å²) in [6.07, 6.45) is -0.485. The molecule has 0 amide bonds. The van der Waals surface area contributed by atoms with Crippen LogP contribution in [-0.4, -0.2) is 29.2 Å². The van der Waals surface area contributed by atoms with Crippen LogP contribution in [0.2, 0.25) is 0 Å². The van der Waals surface area contributed by atoms with Gasteiger partial charge in [-0.3, -0.25) is 4.90 Å². The minimum atomic E-state index is -0.485. The number of nitrogens with zero attached hydrogens (tertiary/aromatic N) is 2. The normalized spacial score (nSPS) is 11.9. The summed E-state index contributed by atoms with van der Waals surface area (Å²) in [5, 5.41) is 11.2. The van der Waals surface area contributed by atoms with Gasteiger partial charge in [0.1, 0.15) is 0 Å². The molecule has 1 N–H and O–H groups in total. The highest BCUT2D eigenvalue weighted by atomic mass is 16.3. The molecule has 0 aliphatic heterocycles. The van der Waals surface area contributed by atoms with Crippen LogP contribution in [0.15, 0.2) is 121 Å². The lowest BCUT2D eigenvalue weighted by atomic mass is 10.1. The fraction of sp³-hybridized carbons (Fsp3) is 0.200. The Hall–Kier alpha value is -3.40. The van der Waals surface area contributed by atoms with E-state index in [-0.39, 0.29) is 0 Å². The minimum Gasteiger partial charge on any atom is -0.390 e. The average molecular weight is 437 g/mol. The standard InChI is InChI=1S/C30H32N2O/c33-30(25-32(29-19-11-4-12-20-29)23-28-17-9-3-10-18-28)24-31(21-26-13-5-1-6-14-26)22-27-15-7-2-8-16-27/h1-20,30,33H,21-25H2. The third-order valence-electron chi connectivity index (χ3n) is 5.74. The first-order valence-electron chi connectivity index (χ1n) is 11.6. The van der Waals surface area contributed by atoms with Gasteiger partial charge in [0.25, 0.3) is 0 Å². The van der Waals surface area contributed by atoms with Crippen molar-refractivity contribution in [2.45, 2.75) is 25.7 Å². The molecule has 33 heavy (non-hydrogen) atoms. The first-order chi connectivity index (χ1) is 16.3. The summed E-state index contributed by atoms with van der Waals surface area (Å²) >= 11 is 0. The largest absolute Gasteiger partial charge is 0.390 e. The van der Waals surface area contributed by atoms with Crippen molar-refractivity contribution in [1.82, 2.24) is 4.90 Å². The minimum absolute atomic E-state index is 0.485. The van der Waals surface area contributed by atoms with E-state index in [9.17, 15) is 5.11 Å². The van der Waals surface area contributed by atoms with Crippen molar-refractivity contribution in [3.05, 3.63) is 138 Å². The molecule has 0 fully saturated rings. The highest BCUT2D eigenvalue weighted by Gasteiger charge is 2.17. The van der Waals surface area contributed by atoms with Crippen molar-refractivity contribution in [1.29, 1.82) is 0 Å². The molecule has 0 saturated carbocycles. The number of anilines is 1. The molecular weight excluding hydrogens is 404 g/mol. The molecule has 0 spiro atoms. The van der Waals surface area contributed by atoms with Crippen LogP contribution < -0.4 is 4.90 Å². The number of aliphatic hydroxyl groups excluding tert-OH is 1. The summed E-state index contributed by atoms with van der Waals surface area (Å²) < 4.78 is 0. The van der Waals surface area contributed by atoms with Gasteiger partial charge in [0, 0.05) is 38.4 Å². The Morgan fingerprint density at radius 1 is 0.485 bits per heavy atom. The first-order valence-corrected chi connectivity index (χ1v) is 11.6. The Labute approximate surface area is 197 Å². The lowest BCUT2D eigenvalue weighted by molar-refractivity contribution is 0.108. The molecule has 1 unspecified atom stereocenters. The van der Waals surface area contributed by atoms with Gasteiger partial charge in [-0.05, 0) is 28.8 Å². The maximum absolute atomic E-state index is 11.2. The lowest BCUT2D eigenvalue weighted by Gasteiger charge is -2.31. The molecule has 0 aromatic heterocycles. The molecule has 0 saturated heterocycles. The van der Waals surface area contributed by atoms with Crippen LogP contribution in [0.1, 0.15) is 16.7 Å². The van der Waals surface area contributed by atoms with Crippen LogP contribution >= 0.6 is 0 Å². The van der Waals surface area contributed by atoms with Gasteiger partial charge in [0.15, 0.2) is 0 Å². The Bertz CT molecular complexity index is 1010. The number of hydrogen-bond acceptors (Lipinski definition) is 3. The number of benzene rings is 4. The Balaban J connectivity index is 1.48. The second kappa shape index (κ2) is 12.0. The molecule has 0 aliphatic rings. The van der Waals surface area contributed by atoms with E-state index in [0.717, 1.165) is 25.3 Å². The van der Waals surface area contributed by atoms with Crippen LogP contribution in [0.25, 0.3) is 0 Å². The molecule has 3 nitrogen and oxygen atoms in total. The highest BCUT2D eigenvalue weighted by molar-refractivity contribution is 5.46. The second-order valence-electron chi connectivity index (χ2n) is 8.50. The molecule has 168 valence electrons. The van der Waals surface area contributed by atoms with Gasteiger partial charge in [0.2, 0.25) is 0 Å². The molecule has 0 aliphatic carbocycles. The van der Waals surface area contributed by atoms with E-state index in [2.05, 4.69) is 107 Å². The van der Waals surface area contributed by atoms with E-state index in [0.29, 0.717) is 13.1 Å². The van der Waals surface area contributed by atoms with Gasteiger partial charge in [-0.25, -0.2) is 0 Å². The second-order valence-corrected chi connectivity index (χ2v) is 8.50. The monoisotopic (exact) mass is 436 g/mol. The molecule has 1 atom stereocenters. The topological polar surface area (TPSA) is 26.7 Å². The number of para-hydroxylation sites is 1. The van der Waals surface area contributed by atoms with Gasteiger partial charge >= 0.3 is 0 Å². The van der Waals surface area contributed by atoms with Gasteiger partial charge in [-0.1, -0.05) is 109 Å². The van der Waals surface area contributed by atoms with Crippen molar-refractivity contribution in [3.8, 4) is 0 Å². The van der Waals surface area contributed by atoms with Crippen LogP contribution in [0.5, 0.6) is 0 Å². The van der Waals surface area contributed by atoms with Gasteiger partial charge in [-0.15, -0.1) is 0 Å². The van der Waals surface area contributed by atoms with E-state index < -0.39 is 6.10 Å². The van der Waals surface area contributed by atoms with Crippen molar-refractivity contribution in [2.75, 3.05) is 18.0 Å². The third-order valence-corrected chi connectivity index (χ3v) is 5.74. The molecule has 3 heteroatoms. The van der Waals surface area contributed by atoms with Crippen molar-refractivity contribution in [3.63, 3.8) is 0 Å². The molecule has 4 aromatic carbocycles. The summed E-state index contributed by atoms with van der Waals surface area (Å²) in [7, 11) is 0. The summed E-state index contributed by atoms with van der Waals surface area (Å²) in [4.78, 5) is 4.60. The lowest BCUT2D eigenvalue weighted by Crippen LogP contribution is -2.40. The number of aliphatic hydroxyl groups is 1. The van der Waals surface area contributed by atoms with E-state index in [1.165, 1.54) is 16.7 Å². The predicted molar refractivity (Wildman–Crippen MR) is 137 cm³/mol. The van der Waals surface area contributed by atoms with E-state index in [1.54, 1.807) is 0 Å². The van der Waals surface area contributed by atoms with Crippen LogP contribution in [0.4, 0.5) is 5.69 Å². The highest BCUT2D eigenvalue weighted by Crippen LogP contribution is 2.18. The van der Waals surface area contributed by atoms with Crippen molar-refractivity contribution < 1.29 is 5.11 Å². The van der Waals surface area contributed by atoms with Crippen LogP contribution in [0, 0.1) is 0 Å². The fourth-order valence-electron chi connectivity index (χ4n) is 4.18. The quantitative estimate of drug-likeness (QED) is 0.324. The van der Waals surface area contributed by atoms with Crippen molar-refractivity contribution >= 4 is 5.69 Å². The Morgan fingerprint density at radius 3 is 1.33 bits per heavy atom. The van der Waals surface area contributed by atoms with Gasteiger partial charge in [0.05, 0.1) is 6.10 Å². The van der Waals surface area contributed by atoms with E-state index >= 15 is 0 Å². The summed E-state index contributed by atoms with van der Waals surface area (Å²) in [6.45, 7) is 3.54. The molecule has 4 aromatic rings. The predicted octanol–water partition coefficient (Wildman–Crippen LogP) is 5.76. The first kappa shape index (κ1) is 22.8. The molecule has 0 bridgehead atoms. The zero-order valence-corrected chi connectivity index (χ0v) is 19.0. The smallest absolute Gasteiger partial charge is 0.0842 e. The third kappa shape index (κ3) is 7.31. The van der Waals surface area contributed by atoms with Gasteiger partial charge in [-0.2, -0.15) is 0 Å². The molecule has 0 heterocycles.